The Hall–Kier alpha value is -1.51. The van der Waals surface area contributed by atoms with Crippen molar-refractivity contribution >= 4 is 11.7 Å². The van der Waals surface area contributed by atoms with Crippen LogP contribution in [0.5, 0.6) is 0 Å². The lowest BCUT2D eigenvalue weighted by molar-refractivity contribution is -0.139. The molecule has 0 saturated carbocycles. The van der Waals surface area contributed by atoms with Crippen molar-refractivity contribution in [2.75, 3.05) is 11.4 Å². The van der Waals surface area contributed by atoms with E-state index in [2.05, 4.69) is 18.7 Å². The summed E-state index contributed by atoms with van der Waals surface area (Å²) in [6.07, 6.45) is 0.699. The Morgan fingerprint density at radius 3 is 2.75 bits per heavy atom. The molecule has 0 fully saturated rings. The van der Waals surface area contributed by atoms with Gasteiger partial charge in [0, 0.05) is 18.3 Å². The van der Waals surface area contributed by atoms with E-state index in [4.69, 9.17) is 0 Å². The number of hydrogen-bond acceptors (Lipinski definition) is 2. The minimum absolute atomic E-state index is 0.341. The summed E-state index contributed by atoms with van der Waals surface area (Å²) in [6, 6.07) is 8.25. The number of benzene rings is 1. The van der Waals surface area contributed by atoms with Crippen LogP contribution in [0.25, 0.3) is 0 Å². The van der Waals surface area contributed by atoms with Crippen molar-refractivity contribution in [2.45, 2.75) is 32.2 Å². The normalized spacial score (nSPS) is 19.7. The van der Waals surface area contributed by atoms with Crippen LogP contribution in [0.4, 0.5) is 5.69 Å². The number of carboxylic acid groups (broad SMARTS) is 1. The lowest BCUT2D eigenvalue weighted by atomic mass is 9.89. The van der Waals surface area contributed by atoms with Crippen molar-refractivity contribution in [1.82, 2.24) is 0 Å². The van der Waals surface area contributed by atoms with Crippen LogP contribution >= 0.6 is 0 Å². The van der Waals surface area contributed by atoms with E-state index in [0.29, 0.717) is 12.5 Å². The van der Waals surface area contributed by atoms with Gasteiger partial charge < -0.3 is 10.0 Å². The zero-order chi connectivity index (χ0) is 11.7. The summed E-state index contributed by atoms with van der Waals surface area (Å²) >= 11 is 0. The van der Waals surface area contributed by atoms with Crippen LogP contribution in [0.3, 0.4) is 0 Å². The number of aliphatic carboxylic acids is 1. The van der Waals surface area contributed by atoms with E-state index >= 15 is 0 Å². The number of carboxylic acids is 1. The molecule has 0 aliphatic carbocycles. The van der Waals surface area contributed by atoms with Gasteiger partial charge in [-0.1, -0.05) is 18.2 Å². The zero-order valence-electron chi connectivity index (χ0n) is 9.68. The average Bonchev–Trinajstić information content (AvgIpc) is 2.27. The van der Waals surface area contributed by atoms with Gasteiger partial charge in [-0.25, -0.2) is 0 Å². The zero-order valence-corrected chi connectivity index (χ0v) is 9.68. The molecule has 0 amide bonds. The van der Waals surface area contributed by atoms with Gasteiger partial charge in [0.05, 0.1) is 5.92 Å². The van der Waals surface area contributed by atoms with Crippen LogP contribution in [0, 0.1) is 0 Å². The van der Waals surface area contributed by atoms with Gasteiger partial charge in [0.25, 0.3) is 0 Å². The molecule has 1 heterocycles. The van der Waals surface area contributed by atoms with Crippen molar-refractivity contribution < 1.29 is 9.90 Å². The molecule has 1 aromatic rings. The quantitative estimate of drug-likeness (QED) is 0.830. The largest absolute Gasteiger partial charge is 0.481 e. The predicted octanol–water partition coefficient (Wildman–Crippen LogP) is 2.47. The highest BCUT2D eigenvalue weighted by Gasteiger charge is 2.30. The monoisotopic (exact) mass is 219 g/mol. The third kappa shape index (κ3) is 1.77. The van der Waals surface area contributed by atoms with Crippen molar-refractivity contribution in [1.29, 1.82) is 0 Å². The molecule has 0 bridgehead atoms. The van der Waals surface area contributed by atoms with Crippen LogP contribution < -0.4 is 4.90 Å². The maximum absolute atomic E-state index is 11.2. The topological polar surface area (TPSA) is 40.5 Å². The Bertz CT molecular complexity index is 401. The summed E-state index contributed by atoms with van der Waals surface area (Å²) in [5.41, 5.74) is 2.03. The molecule has 0 radical (unpaired) electrons. The fraction of sp³-hybridized carbons (Fsp3) is 0.462. The molecule has 86 valence electrons. The second kappa shape index (κ2) is 4.16. The first-order valence-electron chi connectivity index (χ1n) is 5.69. The van der Waals surface area contributed by atoms with Gasteiger partial charge in [0.2, 0.25) is 0 Å². The highest BCUT2D eigenvalue weighted by Crippen LogP contribution is 2.36. The molecule has 1 atom stereocenters. The van der Waals surface area contributed by atoms with Crippen LogP contribution in [0.1, 0.15) is 31.7 Å². The molecule has 0 spiro atoms. The number of hydrogen-bond donors (Lipinski definition) is 1. The highest BCUT2D eigenvalue weighted by molar-refractivity contribution is 5.80. The molecule has 1 aliphatic rings. The summed E-state index contributed by atoms with van der Waals surface area (Å²) in [6.45, 7) is 5.10. The van der Waals surface area contributed by atoms with Crippen molar-refractivity contribution in [2.24, 2.45) is 0 Å². The average molecular weight is 219 g/mol. The SMILES string of the molecule is CC(C)N1CCC(C(=O)O)c2ccccc21. The summed E-state index contributed by atoms with van der Waals surface area (Å²) in [5, 5.41) is 9.19. The fourth-order valence-electron chi connectivity index (χ4n) is 2.38. The van der Waals surface area contributed by atoms with E-state index in [1.54, 1.807) is 0 Å². The summed E-state index contributed by atoms with van der Waals surface area (Å²) < 4.78 is 0. The fourth-order valence-corrected chi connectivity index (χ4v) is 2.38. The van der Waals surface area contributed by atoms with Crippen LogP contribution in [0.15, 0.2) is 24.3 Å². The molecule has 0 saturated heterocycles. The number of anilines is 1. The van der Waals surface area contributed by atoms with Gasteiger partial charge in [0.1, 0.15) is 0 Å². The Balaban J connectivity index is 2.44. The van der Waals surface area contributed by atoms with Gasteiger partial charge in [-0.15, -0.1) is 0 Å². The third-order valence-electron chi connectivity index (χ3n) is 3.20. The van der Waals surface area contributed by atoms with Crippen molar-refractivity contribution in [3.63, 3.8) is 0 Å². The standard InChI is InChI=1S/C13H17NO2/c1-9(2)14-8-7-11(13(15)16)10-5-3-4-6-12(10)14/h3-6,9,11H,7-8H2,1-2H3,(H,15,16). The summed E-state index contributed by atoms with van der Waals surface area (Å²) in [4.78, 5) is 13.4. The third-order valence-corrected chi connectivity index (χ3v) is 3.20. The number of para-hydroxylation sites is 1. The summed E-state index contributed by atoms with van der Waals surface area (Å²) in [5.74, 6) is -1.05. The van der Waals surface area contributed by atoms with E-state index in [0.717, 1.165) is 17.8 Å². The number of carbonyl (C=O) groups is 1. The van der Waals surface area contributed by atoms with Gasteiger partial charge in [-0.05, 0) is 31.9 Å². The van der Waals surface area contributed by atoms with Crippen molar-refractivity contribution in [3.8, 4) is 0 Å². The Morgan fingerprint density at radius 1 is 1.44 bits per heavy atom. The van der Waals surface area contributed by atoms with E-state index < -0.39 is 5.97 Å². The first-order chi connectivity index (χ1) is 7.61. The first-order valence-corrected chi connectivity index (χ1v) is 5.69. The molecular formula is C13H17NO2. The maximum atomic E-state index is 11.2. The van der Waals surface area contributed by atoms with Gasteiger partial charge in [-0.2, -0.15) is 0 Å². The molecule has 3 heteroatoms. The van der Waals surface area contributed by atoms with Crippen molar-refractivity contribution in [3.05, 3.63) is 29.8 Å². The van der Waals surface area contributed by atoms with Gasteiger partial charge in [-0.3, -0.25) is 4.79 Å². The van der Waals surface area contributed by atoms with Crippen LogP contribution in [0.2, 0.25) is 0 Å². The highest BCUT2D eigenvalue weighted by atomic mass is 16.4. The van der Waals surface area contributed by atoms with E-state index in [9.17, 15) is 9.90 Å². The Kier molecular flexibility index (Phi) is 2.86. The lowest BCUT2D eigenvalue weighted by Gasteiger charge is -2.37. The molecule has 1 N–H and O–H groups in total. The molecular weight excluding hydrogens is 202 g/mol. The molecule has 3 nitrogen and oxygen atoms in total. The minimum atomic E-state index is -0.712. The molecule has 1 aromatic carbocycles. The van der Waals surface area contributed by atoms with E-state index in [-0.39, 0.29) is 5.92 Å². The Labute approximate surface area is 95.7 Å². The van der Waals surface area contributed by atoms with Crippen LogP contribution in [-0.2, 0) is 4.79 Å². The molecule has 2 rings (SSSR count). The number of nitrogens with zero attached hydrogens (tertiary/aromatic N) is 1. The van der Waals surface area contributed by atoms with Crippen LogP contribution in [-0.4, -0.2) is 23.7 Å². The number of rotatable bonds is 2. The second-order valence-corrected chi connectivity index (χ2v) is 4.53. The van der Waals surface area contributed by atoms with Gasteiger partial charge in [0.15, 0.2) is 0 Å². The van der Waals surface area contributed by atoms with Gasteiger partial charge >= 0.3 is 5.97 Å². The Morgan fingerprint density at radius 2 is 2.12 bits per heavy atom. The lowest BCUT2D eigenvalue weighted by Crippen LogP contribution is -2.38. The molecule has 0 aromatic heterocycles. The molecule has 1 aliphatic heterocycles. The van der Waals surface area contributed by atoms with E-state index in [1.165, 1.54) is 0 Å². The number of fused-ring (bicyclic) bond motifs is 1. The minimum Gasteiger partial charge on any atom is -0.481 e. The molecule has 1 unspecified atom stereocenters. The molecule has 16 heavy (non-hydrogen) atoms. The first kappa shape index (κ1) is 11.0. The maximum Gasteiger partial charge on any atom is 0.311 e. The van der Waals surface area contributed by atoms with E-state index in [1.807, 2.05) is 24.3 Å². The smallest absolute Gasteiger partial charge is 0.311 e. The second-order valence-electron chi connectivity index (χ2n) is 4.53. The predicted molar refractivity (Wildman–Crippen MR) is 63.9 cm³/mol. The summed E-state index contributed by atoms with van der Waals surface area (Å²) in [7, 11) is 0.